The highest BCUT2D eigenvalue weighted by atomic mass is 16.7. The topological polar surface area (TPSA) is 36.9 Å². The van der Waals surface area contributed by atoms with Gasteiger partial charge in [-0.3, -0.25) is 0 Å². The third-order valence-electron chi connectivity index (χ3n) is 6.63. The number of hydrogen-bond acceptors (Lipinski definition) is 4. The van der Waals surface area contributed by atoms with Crippen LogP contribution in [0.25, 0.3) is 0 Å². The minimum absolute atomic E-state index is 0.162. The molecule has 0 amide bonds. The van der Waals surface area contributed by atoms with E-state index in [9.17, 15) is 0 Å². The Kier molecular flexibility index (Phi) is 3.75. The number of methoxy groups -OCH3 is 1. The molecule has 2 saturated heterocycles. The zero-order valence-electron chi connectivity index (χ0n) is 15.2. The quantitative estimate of drug-likeness (QED) is 0.795. The van der Waals surface area contributed by atoms with E-state index >= 15 is 0 Å². The molecular weight excluding hydrogens is 303 g/mol. The third-order valence-corrected chi connectivity index (χ3v) is 6.63. The maximum atomic E-state index is 6.37. The number of benzene rings is 1. The molecular formula is C19H27BO4. The van der Waals surface area contributed by atoms with Gasteiger partial charge < -0.3 is 18.8 Å². The van der Waals surface area contributed by atoms with Gasteiger partial charge in [-0.05, 0) is 63.1 Å². The van der Waals surface area contributed by atoms with Crippen molar-refractivity contribution < 1.29 is 18.8 Å². The minimum atomic E-state index is -0.285. The van der Waals surface area contributed by atoms with Crippen molar-refractivity contribution >= 4 is 7.12 Å². The van der Waals surface area contributed by atoms with Crippen LogP contribution in [0.15, 0.2) is 24.3 Å². The summed E-state index contributed by atoms with van der Waals surface area (Å²) < 4.78 is 23.8. The second kappa shape index (κ2) is 5.48. The van der Waals surface area contributed by atoms with Crippen LogP contribution in [-0.4, -0.2) is 38.6 Å². The number of fused-ring (bicyclic) bond motifs is 1. The molecule has 5 heteroatoms. The van der Waals surface area contributed by atoms with Gasteiger partial charge in [0.25, 0.3) is 0 Å². The SMILES string of the molecule is COc1ccc([C@H]2[C@@H]3COC[C@@H]3[C@H]2B2OC(C)(C)C(C)(C)O2)cc1. The molecule has 1 aromatic rings. The molecule has 3 fully saturated rings. The average molecular weight is 330 g/mol. The van der Waals surface area contributed by atoms with Crippen LogP contribution >= 0.6 is 0 Å². The Hall–Kier alpha value is -1.04. The highest BCUT2D eigenvalue weighted by Gasteiger charge is 2.64. The lowest BCUT2D eigenvalue weighted by Gasteiger charge is -2.48. The van der Waals surface area contributed by atoms with Crippen molar-refractivity contribution in [3.05, 3.63) is 29.8 Å². The van der Waals surface area contributed by atoms with Crippen molar-refractivity contribution in [1.82, 2.24) is 0 Å². The van der Waals surface area contributed by atoms with Crippen molar-refractivity contribution in [3.8, 4) is 5.75 Å². The molecule has 3 aliphatic rings. The van der Waals surface area contributed by atoms with E-state index < -0.39 is 0 Å². The monoisotopic (exact) mass is 330 g/mol. The zero-order valence-corrected chi connectivity index (χ0v) is 15.2. The minimum Gasteiger partial charge on any atom is -0.497 e. The Bertz CT molecular complexity index is 596. The van der Waals surface area contributed by atoms with Crippen molar-refractivity contribution in [2.24, 2.45) is 11.8 Å². The normalized spacial score (nSPS) is 36.3. The van der Waals surface area contributed by atoms with E-state index in [4.69, 9.17) is 18.8 Å². The molecule has 2 heterocycles. The highest BCUT2D eigenvalue weighted by Crippen LogP contribution is 2.62. The van der Waals surface area contributed by atoms with Gasteiger partial charge in [0.2, 0.25) is 0 Å². The molecule has 24 heavy (non-hydrogen) atoms. The van der Waals surface area contributed by atoms with Gasteiger partial charge in [0.1, 0.15) is 5.75 Å². The van der Waals surface area contributed by atoms with Crippen LogP contribution in [-0.2, 0) is 14.0 Å². The van der Waals surface area contributed by atoms with Gasteiger partial charge in [-0.2, -0.15) is 0 Å². The largest absolute Gasteiger partial charge is 0.497 e. The Balaban J connectivity index is 1.61. The first-order chi connectivity index (χ1) is 11.3. The molecule has 130 valence electrons. The van der Waals surface area contributed by atoms with Crippen LogP contribution in [0.4, 0.5) is 0 Å². The van der Waals surface area contributed by atoms with Crippen LogP contribution in [0.2, 0.25) is 5.82 Å². The molecule has 0 bridgehead atoms. The first kappa shape index (κ1) is 16.4. The van der Waals surface area contributed by atoms with E-state index in [1.807, 2.05) is 12.1 Å². The Morgan fingerprint density at radius 1 is 0.958 bits per heavy atom. The molecule has 1 aliphatic carbocycles. The van der Waals surface area contributed by atoms with Crippen LogP contribution < -0.4 is 4.74 Å². The fourth-order valence-electron chi connectivity index (χ4n) is 4.47. The molecule has 0 aromatic heterocycles. The lowest BCUT2D eigenvalue weighted by molar-refractivity contribution is 0.00578. The van der Waals surface area contributed by atoms with Gasteiger partial charge in [0.15, 0.2) is 0 Å². The molecule has 1 aromatic carbocycles. The summed E-state index contributed by atoms with van der Waals surface area (Å²) in [5, 5.41) is 0. The van der Waals surface area contributed by atoms with E-state index in [0.29, 0.717) is 23.6 Å². The van der Waals surface area contributed by atoms with Crippen molar-refractivity contribution in [2.75, 3.05) is 20.3 Å². The predicted octanol–water partition coefficient (Wildman–Crippen LogP) is 3.52. The molecule has 1 saturated carbocycles. The Labute approximate surface area is 145 Å². The summed E-state index contributed by atoms with van der Waals surface area (Å²) in [5.41, 5.74) is 0.765. The highest BCUT2D eigenvalue weighted by molar-refractivity contribution is 6.48. The third kappa shape index (κ3) is 2.32. The fraction of sp³-hybridized carbons (Fsp3) is 0.684. The fourth-order valence-corrected chi connectivity index (χ4v) is 4.47. The zero-order chi connectivity index (χ0) is 17.1. The Morgan fingerprint density at radius 2 is 1.54 bits per heavy atom. The molecule has 2 aliphatic heterocycles. The number of hydrogen-bond donors (Lipinski definition) is 0. The van der Waals surface area contributed by atoms with Crippen LogP contribution in [0.3, 0.4) is 0 Å². The van der Waals surface area contributed by atoms with Gasteiger partial charge in [0.05, 0.1) is 24.9 Å². The van der Waals surface area contributed by atoms with Gasteiger partial charge in [-0.15, -0.1) is 0 Å². The lowest BCUT2D eigenvalue weighted by atomic mass is 9.43. The molecule has 0 N–H and O–H groups in total. The van der Waals surface area contributed by atoms with Crippen molar-refractivity contribution in [2.45, 2.75) is 50.6 Å². The molecule has 4 nitrogen and oxygen atoms in total. The van der Waals surface area contributed by atoms with Crippen molar-refractivity contribution in [1.29, 1.82) is 0 Å². The van der Waals surface area contributed by atoms with Crippen LogP contribution in [0, 0.1) is 11.8 Å². The summed E-state index contributed by atoms with van der Waals surface area (Å²) in [6, 6.07) is 8.44. The summed E-state index contributed by atoms with van der Waals surface area (Å²) in [6.07, 6.45) is 0. The van der Waals surface area contributed by atoms with E-state index in [2.05, 4.69) is 39.8 Å². The van der Waals surface area contributed by atoms with Crippen LogP contribution in [0.1, 0.15) is 39.2 Å². The van der Waals surface area contributed by atoms with Crippen molar-refractivity contribution in [3.63, 3.8) is 0 Å². The predicted molar refractivity (Wildman–Crippen MR) is 93.4 cm³/mol. The summed E-state index contributed by atoms with van der Waals surface area (Å²) in [5.74, 6) is 2.78. The second-order valence-corrected chi connectivity index (χ2v) is 8.37. The first-order valence-corrected chi connectivity index (χ1v) is 8.91. The summed E-state index contributed by atoms with van der Waals surface area (Å²) in [4.78, 5) is 0. The Morgan fingerprint density at radius 3 is 2.12 bits per heavy atom. The average Bonchev–Trinajstić information content (AvgIpc) is 2.99. The maximum absolute atomic E-state index is 6.37. The molecule has 4 atom stereocenters. The molecule has 0 radical (unpaired) electrons. The van der Waals surface area contributed by atoms with Gasteiger partial charge in [-0.1, -0.05) is 12.1 Å². The van der Waals surface area contributed by atoms with Crippen LogP contribution in [0.5, 0.6) is 5.75 Å². The molecule has 0 spiro atoms. The number of ether oxygens (including phenoxy) is 2. The van der Waals surface area contributed by atoms with E-state index in [-0.39, 0.29) is 18.3 Å². The summed E-state index contributed by atoms with van der Waals surface area (Å²) in [7, 11) is 1.54. The second-order valence-electron chi connectivity index (χ2n) is 8.37. The van der Waals surface area contributed by atoms with Gasteiger partial charge in [-0.25, -0.2) is 0 Å². The van der Waals surface area contributed by atoms with E-state index in [0.717, 1.165) is 19.0 Å². The molecule has 0 unspecified atom stereocenters. The standard InChI is InChI=1S/C19H27BO4/c1-18(2)19(3,4)24-20(23-18)17-15-11-22-10-14(15)16(17)12-6-8-13(21-5)9-7-12/h6-9,14-17H,10-11H2,1-5H3/t14-,15+,16+,17-/m1/s1. The van der Waals surface area contributed by atoms with Gasteiger partial charge in [0, 0.05) is 12.4 Å². The maximum Gasteiger partial charge on any atom is 0.462 e. The van der Waals surface area contributed by atoms with E-state index in [1.165, 1.54) is 5.56 Å². The summed E-state index contributed by atoms with van der Waals surface area (Å²) >= 11 is 0. The smallest absolute Gasteiger partial charge is 0.462 e. The lowest BCUT2D eigenvalue weighted by Crippen LogP contribution is -2.49. The molecule has 4 rings (SSSR count). The van der Waals surface area contributed by atoms with E-state index in [1.54, 1.807) is 7.11 Å². The first-order valence-electron chi connectivity index (χ1n) is 8.91. The van der Waals surface area contributed by atoms with Gasteiger partial charge >= 0.3 is 7.12 Å². The summed E-state index contributed by atoms with van der Waals surface area (Å²) in [6.45, 7) is 10.2. The number of rotatable bonds is 3.